The van der Waals surface area contributed by atoms with Gasteiger partial charge in [0, 0.05) is 31.7 Å². The first-order valence-corrected chi connectivity index (χ1v) is 20.6. The van der Waals surface area contributed by atoms with Crippen LogP contribution in [0.3, 0.4) is 0 Å². The van der Waals surface area contributed by atoms with Crippen molar-refractivity contribution in [1.29, 1.82) is 0 Å². The summed E-state index contributed by atoms with van der Waals surface area (Å²) in [4.78, 5) is 8.07. The first-order chi connectivity index (χ1) is 28.7. The number of furan rings is 1. The number of benzene rings is 10. The second kappa shape index (κ2) is 12.2. The monoisotopic (exact) mass is 756 g/mol. The SMILES string of the molecule is c1ccc2c(c1)SC1=C(c3cc(-c4ccc5c6ccccc6c6ccccc6c5c4)cc4c3oc3cc5ccccc5cc34)N=C(c3cccc4ccccc34)NC12. The van der Waals surface area contributed by atoms with Crippen LogP contribution in [0.1, 0.15) is 22.7 Å². The fourth-order valence-electron chi connectivity index (χ4n) is 9.55. The lowest BCUT2D eigenvalue weighted by Crippen LogP contribution is -2.32. The van der Waals surface area contributed by atoms with Gasteiger partial charge in [-0.3, -0.25) is 0 Å². The van der Waals surface area contributed by atoms with E-state index in [1.165, 1.54) is 63.8 Å². The van der Waals surface area contributed by atoms with Gasteiger partial charge in [-0.15, -0.1) is 0 Å². The van der Waals surface area contributed by atoms with Crippen LogP contribution in [0, 0.1) is 0 Å². The molecule has 11 aromatic rings. The first-order valence-electron chi connectivity index (χ1n) is 19.8. The average Bonchev–Trinajstić information content (AvgIpc) is 3.85. The Balaban J connectivity index is 1.12. The summed E-state index contributed by atoms with van der Waals surface area (Å²) in [6.07, 6.45) is 0. The number of hydrogen-bond acceptors (Lipinski definition) is 4. The van der Waals surface area contributed by atoms with E-state index in [0.717, 1.165) is 61.1 Å². The summed E-state index contributed by atoms with van der Waals surface area (Å²) < 4.78 is 7.02. The Morgan fingerprint density at radius 3 is 1.86 bits per heavy atom. The van der Waals surface area contributed by atoms with Gasteiger partial charge in [-0.05, 0) is 107 Å². The molecule has 1 atom stereocenters. The molecular weight excluding hydrogens is 725 g/mol. The summed E-state index contributed by atoms with van der Waals surface area (Å²) in [6, 6.07) is 66.0. The van der Waals surface area contributed by atoms with E-state index < -0.39 is 0 Å². The van der Waals surface area contributed by atoms with Crippen molar-refractivity contribution < 1.29 is 4.42 Å². The highest BCUT2D eigenvalue weighted by Crippen LogP contribution is 2.53. The smallest absolute Gasteiger partial charge is 0.144 e. The topological polar surface area (TPSA) is 37.5 Å². The Hall–Kier alpha value is -7.14. The number of rotatable bonds is 3. The van der Waals surface area contributed by atoms with Gasteiger partial charge in [-0.25, -0.2) is 4.99 Å². The molecule has 0 aliphatic carbocycles. The highest BCUT2D eigenvalue weighted by Gasteiger charge is 2.36. The minimum atomic E-state index is -0.0475. The maximum absolute atomic E-state index is 7.02. The molecular formula is C54H32N2OS. The van der Waals surface area contributed by atoms with Crippen LogP contribution in [0.25, 0.3) is 92.6 Å². The Bertz CT molecular complexity index is 3610. The number of nitrogens with zero attached hydrogens (tertiary/aromatic N) is 1. The molecule has 1 N–H and O–H groups in total. The van der Waals surface area contributed by atoms with Gasteiger partial charge < -0.3 is 9.73 Å². The summed E-state index contributed by atoms with van der Waals surface area (Å²) in [5.74, 6) is 0.863. The summed E-state index contributed by atoms with van der Waals surface area (Å²) in [7, 11) is 0. The van der Waals surface area contributed by atoms with Gasteiger partial charge in [0.25, 0.3) is 0 Å². The average molecular weight is 757 g/mol. The number of fused-ring (bicyclic) bond motifs is 14. The molecule has 0 amide bonds. The van der Waals surface area contributed by atoms with E-state index in [4.69, 9.17) is 9.41 Å². The fourth-order valence-corrected chi connectivity index (χ4v) is 10.8. The highest BCUT2D eigenvalue weighted by molar-refractivity contribution is 8.03. The van der Waals surface area contributed by atoms with Crippen molar-refractivity contribution in [1.82, 2.24) is 5.32 Å². The van der Waals surface area contributed by atoms with Crippen LogP contribution < -0.4 is 5.32 Å². The Labute approximate surface area is 337 Å². The van der Waals surface area contributed by atoms with Crippen LogP contribution in [0.5, 0.6) is 0 Å². The molecule has 2 aliphatic heterocycles. The van der Waals surface area contributed by atoms with E-state index in [2.05, 4.69) is 187 Å². The van der Waals surface area contributed by atoms with E-state index in [0.29, 0.717) is 0 Å². The van der Waals surface area contributed by atoms with E-state index >= 15 is 0 Å². The standard InChI is InChI=1S/C54H32N2OS/c1-2-14-33-30-48-45(27-32(33)13-1)46-28-35(34-24-25-41-39-19-6-5-17-37(39)38-18-7-8-20-40(38)44(41)26-34)29-47(52(46)57-48)51-53-50(43-21-9-10-23-49(43)58-53)55-54(56-51)42-22-11-15-31-12-3-4-16-36(31)42/h1-30,50H,(H,55,56). The van der Waals surface area contributed by atoms with Crippen molar-refractivity contribution in [2.45, 2.75) is 10.9 Å². The third-order valence-electron chi connectivity index (χ3n) is 12.3. The van der Waals surface area contributed by atoms with Crippen molar-refractivity contribution >= 4 is 99.1 Å². The molecule has 0 spiro atoms. The number of nitrogens with one attached hydrogen (secondary N) is 1. The van der Waals surface area contributed by atoms with Crippen LogP contribution in [0.4, 0.5) is 0 Å². The van der Waals surface area contributed by atoms with Gasteiger partial charge >= 0.3 is 0 Å². The maximum atomic E-state index is 7.02. The van der Waals surface area contributed by atoms with E-state index in [9.17, 15) is 0 Å². The zero-order chi connectivity index (χ0) is 37.9. The van der Waals surface area contributed by atoms with Gasteiger partial charge in [0.05, 0.1) is 11.7 Å². The summed E-state index contributed by atoms with van der Waals surface area (Å²) in [5, 5.41) is 18.4. The van der Waals surface area contributed by atoms with Crippen LogP contribution in [0.15, 0.2) is 201 Å². The predicted octanol–water partition coefficient (Wildman–Crippen LogP) is 14.6. The molecule has 58 heavy (non-hydrogen) atoms. The predicted molar refractivity (Wildman–Crippen MR) is 245 cm³/mol. The van der Waals surface area contributed by atoms with E-state index in [1.54, 1.807) is 0 Å². The molecule has 1 aromatic heterocycles. The molecule has 13 rings (SSSR count). The molecule has 0 saturated heterocycles. The Morgan fingerprint density at radius 2 is 1.07 bits per heavy atom. The van der Waals surface area contributed by atoms with Gasteiger partial charge in [-0.2, -0.15) is 0 Å². The van der Waals surface area contributed by atoms with Crippen LogP contribution in [0.2, 0.25) is 0 Å². The van der Waals surface area contributed by atoms with Crippen molar-refractivity contribution in [3.63, 3.8) is 0 Å². The number of hydrogen-bond donors (Lipinski definition) is 1. The van der Waals surface area contributed by atoms with Gasteiger partial charge in [0.2, 0.25) is 0 Å². The lowest BCUT2D eigenvalue weighted by atomic mass is 9.90. The lowest BCUT2D eigenvalue weighted by molar-refractivity contribution is 0.667. The van der Waals surface area contributed by atoms with Crippen LogP contribution in [-0.4, -0.2) is 5.84 Å². The third kappa shape index (κ3) is 4.67. The molecule has 0 bridgehead atoms. The number of aliphatic imine (C=N–C) groups is 1. The van der Waals surface area contributed by atoms with Crippen molar-refractivity contribution in [3.8, 4) is 11.1 Å². The van der Waals surface area contributed by atoms with Gasteiger partial charge in [-0.1, -0.05) is 157 Å². The molecule has 270 valence electrons. The van der Waals surface area contributed by atoms with Crippen LogP contribution in [-0.2, 0) is 0 Å². The molecule has 0 fully saturated rings. The maximum Gasteiger partial charge on any atom is 0.144 e. The van der Waals surface area contributed by atoms with Crippen LogP contribution >= 0.6 is 11.8 Å². The Morgan fingerprint density at radius 1 is 0.448 bits per heavy atom. The molecule has 0 radical (unpaired) electrons. The molecule has 4 heteroatoms. The zero-order valence-corrected chi connectivity index (χ0v) is 32.0. The molecule has 0 saturated carbocycles. The first kappa shape index (κ1) is 32.0. The minimum absolute atomic E-state index is 0.0475. The molecule has 3 heterocycles. The summed E-state index contributed by atoms with van der Waals surface area (Å²) >= 11 is 1.82. The number of amidine groups is 1. The summed E-state index contributed by atoms with van der Waals surface area (Å²) in [5.41, 5.74) is 8.31. The summed E-state index contributed by atoms with van der Waals surface area (Å²) in [6.45, 7) is 0. The molecule has 1 unspecified atom stereocenters. The Kier molecular flexibility index (Phi) is 6.72. The minimum Gasteiger partial charge on any atom is -0.455 e. The molecule has 3 nitrogen and oxygen atoms in total. The van der Waals surface area contributed by atoms with Gasteiger partial charge in [0.1, 0.15) is 17.0 Å². The third-order valence-corrected chi connectivity index (χ3v) is 13.5. The quantitative estimate of drug-likeness (QED) is 0.182. The van der Waals surface area contributed by atoms with Gasteiger partial charge in [0.15, 0.2) is 0 Å². The highest BCUT2D eigenvalue weighted by atomic mass is 32.2. The fraction of sp³-hybridized carbons (Fsp3) is 0.0185. The zero-order valence-electron chi connectivity index (χ0n) is 31.2. The second-order valence-corrected chi connectivity index (χ2v) is 16.6. The van der Waals surface area contributed by atoms with E-state index in [1.807, 2.05) is 11.8 Å². The van der Waals surface area contributed by atoms with Crippen molar-refractivity contribution in [2.75, 3.05) is 0 Å². The second-order valence-electron chi connectivity index (χ2n) is 15.5. The normalized spacial score (nSPS) is 15.2. The number of thioether (sulfide) groups is 1. The largest absolute Gasteiger partial charge is 0.455 e. The lowest BCUT2D eigenvalue weighted by Gasteiger charge is -2.26. The molecule has 10 aromatic carbocycles. The van der Waals surface area contributed by atoms with Crippen molar-refractivity contribution in [2.24, 2.45) is 4.99 Å². The van der Waals surface area contributed by atoms with E-state index in [-0.39, 0.29) is 6.04 Å². The molecule has 2 aliphatic rings. The van der Waals surface area contributed by atoms with Crippen molar-refractivity contribution in [3.05, 3.63) is 204 Å².